The number of halogens is 2. The predicted octanol–water partition coefficient (Wildman–Crippen LogP) is 1.62. The standard InChI is InChI=1S/C8H10.2ClH.H3NO2S/c1-7-5-3-4-6-8(7)2;;;1-4(2)3/h3-6H,1-2H3;2*1H;4H,(H2,1,2,3). The SMILES string of the molecule is Cc1ccccc1C.Cl.Cl.N[SH](=O)=O. The number of hydrogen-bond acceptors (Lipinski definition) is 2. The number of aryl methyl sites for hydroxylation is 2. The van der Waals surface area contributed by atoms with Gasteiger partial charge in [0.25, 0.3) is 0 Å². The van der Waals surface area contributed by atoms with Gasteiger partial charge in [0, 0.05) is 0 Å². The van der Waals surface area contributed by atoms with Gasteiger partial charge in [0.2, 0.25) is 0 Å². The lowest BCUT2D eigenvalue weighted by atomic mass is 10.1. The van der Waals surface area contributed by atoms with E-state index in [0.29, 0.717) is 0 Å². The molecule has 0 aliphatic heterocycles. The first-order valence-corrected chi connectivity index (χ1v) is 4.70. The van der Waals surface area contributed by atoms with Crippen molar-refractivity contribution in [2.24, 2.45) is 5.14 Å². The van der Waals surface area contributed by atoms with Crippen molar-refractivity contribution < 1.29 is 8.42 Å². The highest BCUT2D eigenvalue weighted by Crippen LogP contribution is 2.02. The third kappa shape index (κ3) is 11.7. The molecular weight excluding hydrogens is 245 g/mol. The Morgan fingerprint density at radius 1 is 1.00 bits per heavy atom. The van der Waals surface area contributed by atoms with E-state index < -0.39 is 10.9 Å². The van der Waals surface area contributed by atoms with Crippen LogP contribution in [0.1, 0.15) is 11.1 Å². The summed E-state index contributed by atoms with van der Waals surface area (Å²) in [6.07, 6.45) is 0. The summed E-state index contributed by atoms with van der Waals surface area (Å²) in [5.41, 5.74) is 2.74. The molecular formula is C8H15Cl2NO2S. The summed E-state index contributed by atoms with van der Waals surface area (Å²) in [6.45, 7) is 4.24. The highest BCUT2D eigenvalue weighted by Gasteiger charge is 1.83. The van der Waals surface area contributed by atoms with E-state index in [1.165, 1.54) is 11.1 Å². The minimum atomic E-state index is -2.62. The molecule has 84 valence electrons. The van der Waals surface area contributed by atoms with Crippen LogP contribution in [0.25, 0.3) is 0 Å². The third-order valence-corrected chi connectivity index (χ3v) is 1.43. The first kappa shape index (κ1) is 19.3. The Bertz CT molecular complexity index is 287. The lowest BCUT2D eigenvalue weighted by Crippen LogP contribution is -1.85. The topological polar surface area (TPSA) is 60.2 Å². The first-order chi connectivity index (χ1) is 5.54. The largest absolute Gasteiger partial charge is 0.231 e. The van der Waals surface area contributed by atoms with Gasteiger partial charge in [-0.05, 0) is 25.0 Å². The van der Waals surface area contributed by atoms with Crippen molar-refractivity contribution in [2.75, 3.05) is 0 Å². The lowest BCUT2D eigenvalue weighted by molar-refractivity contribution is 0.616. The van der Waals surface area contributed by atoms with E-state index in [1.807, 2.05) is 0 Å². The molecule has 0 spiro atoms. The van der Waals surface area contributed by atoms with E-state index in [4.69, 9.17) is 8.42 Å². The van der Waals surface area contributed by atoms with Crippen LogP contribution in [-0.2, 0) is 10.9 Å². The number of rotatable bonds is 0. The van der Waals surface area contributed by atoms with Crippen molar-refractivity contribution in [3.63, 3.8) is 0 Å². The average molecular weight is 260 g/mol. The number of hydrogen-bond donors (Lipinski definition) is 2. The predicted molar refractivity (Wildman–Crippen MR) is 64.9 cm³/mol. The second-order valence-electron chi connectivity index (χ2n) is 2.37. The highest BCUT2D eigenvalue weighted by molar-refractivity contribution is 7.69. The molecule has 1 aromatic rings. The van der Waals surface area contributed by atoms with Gasteiger partial charge in [0.15, 0.2) is 10.9 Å². The van der Waals surface area contributed by atoms with Crippen LogP contribution in [0.5, 0.6) is 0 Å². The Hall–Kier alpha value is -0.290. The number of nitrogens with two attached hydrogens (primary N) is 1. The Kier molecular flexibility index (Phi) is 14.9. The minimum Gasteiger partial charge on any atom is -0.231 e. The summed E-state index contributed by atoms with van der Waals surface area (Å²) >= 11 is 0. The van der Waals surface area contributed by atoms with Crippen LogP contribution in [0.4, 0.5) is 0 Å². The average Bonchev–Trinajstić information content (AvgIpc) is 1.94. The van der Waals surface area contributed by atoms with E-state index in [2.05, 4.69) is 43.3 Å². The van der Waals surface area contributed by atoms with Crippen LogP contribution in [-0.4, -0.2) is 8.42 Å². The van der Waals surface area contributed by atoms with Crippen molar-refractivity contribution in [3.8, 4) is 0 Å². The summed E-state index contributed by atoms with van der Waals surface area (Å²) in [7, 11) is -2.62. The monoisotopic (exact) mass is 259 g/mol. The number of thiol groups is 1. The smallest absolute Gasteiger partial charge is 0.198 e. The summed E-state index contributed by atoms with van der Waals surface area (Å²) in [4.78, 5) is 0. The molecule has 0 fully saturated rings. The zero-order valence-electron chi connectivity index (χ0n) is 7.97. The Morgan fingerprint density at radius 2 is 1.21 bits per heavy atom. The van der Waals surface area contributed by atoms with Crippen LogP contribution in [0.15, 0.2) is 24.3 Å². The van der Waals surface area contributed by atoms with E-state index in [1.54, 1.807) is 0 Å². The fraction of sp³-hybridized carbons (Fsp3) is 0.250. The molecule has 3 nitrogen and oxygen atoms in total. The van der Waals surface area contributed by atoms with Crippen LogP contribution >= 0.6 is 24.8 Å². The van der Waals surface area contributed by atoms with Gasteiger partial charge in [-0.1, -0.05) is 24.3 Å². The maximum atomic E-state index is 8.81. The molecule has 0 saturated carbocycles. The Labute approximate surface area is 98.6 Å². The van der Waals surface area contributed by atoms with E-state index in [-0.39, 0.29) is 24.8 Å². The fourth-order valence-electron chi connectivity index (χ4n) is 0.663. The van der Waals surface area contributed by atoms with Crippen LogP contribution < -0.4 is 5.14 Å². The Morgan fingerprint density at radius 3 is 1.36 bits per heavy atom. The minimum absolute atomic E-state index is 0. The summed E-state index contributed by atoms with van der Waals surface area (Å²) in [5.74, 6) is 0. The van der Waals surface area contributed by atoms with Gasteiger partial charge in [0.05, 0.1) is 0 Å². The van der Waals surface area contributed by atoms with Crippen molar-refractivity contribution in [3.05, 3.63) is 35.4 Å². The molecule has 0 aliphatic rings. The normalized spacial score (nSPS) is 7.71. The lowest BCUT2D eigenvalue weighted by Gasteiger charge is -1.93. The van der Waals surface area contributed by atoms with E-state index in [9.17, 15) is 0 Å². The molecule has 1 aromatic carbocycles. The molecule has 6 heteroatoms. The molecule has 0 aliphatic carbocycles. The summed E-state index contributed by atoms with van der Waals surface area (Å²) in [5, 5.41) is 4.06. The van der Waals surface area contributed by atoms with Gasteiger partial charge in [0.1, 0.15) is 0 Å². The molecule has 0 radical (unpaired) electrons. The van der Waals surface area contributed by atoms with Gasteiger partial charge < -0.3 is 0 Å². The zero-order valence-corrected chi connectivity index (χ0v) is 10.5. The molecule has 0 bridgehead atoms. The molecule has 0 saturated heterocycles. The first-order valence-electron chi connectivity index (χ1n) is 3.45. The number of benzene rings is 1. The van der Waals surface area contributed by atoms with Gasteiger partial charge in [-0.3, -0.25) is 0 Å². The van der Waals surface area contributed by atoms with Crippen molar-refractivity contribution in [1.29, 1.82) is 0 Å². The molecule has 1 rings (SSSR count). The summed E-state index contributed by atoms with van der Waals surface area (Å²) < 4.78 is 17.6. The van der Waals surface area contributed by atoms with Gasteiger partial charge in [-0.25, -0.2) is 13.6 Å². The molecule has 0 heterocycles. The van der Waals surface area contributed by atoms with Crippen LogP contribution in [0, 0.1) is 13.8 Å². The van der Waals surface area contributed by atoms with Crippen molar-refractivity contribution >= 4 is 35.7 Å². The molecule has 0 atom stereocenters. The molecule has 0 unspecified atom stereocenters. The molecule has 0 amide bonds. The second kappa shape index (κ2) is 10.8. The zero-order chi connectivity index (χ0) is 9.56. The molecule has 14 heavy (non-hydrogen) atoms. The third-order valence-electron chi connectivity index (χ3n) is 1.43. The van der Waals surface area contributed by atoms with Crippen molar-refractivity contribution in [2.45, 2.75) is 13.8 Å². The maximum absolute atomic E-state index is 8.81. The van der Waals surface area contributed by atoms with Crippen LogP contribution in [0.3, 0.4) is 0 Å². The Balaban J connectivity index is -0.000000180. The highest BCUT2D eigenvalue weighted by atomic mass is 35.5. The van der Waals surface area contributed by atoms with Gasteiger partial charge in [-0.15, -0.1) is 24.8 Å². The summed E-state index contributed by atoms with van der Waals surface area (Å²) in [6, 6.07) is 8.36. The fourth-order valence-corrected chi connectivity index (χ4v) is 0.663. The quantitative estimate of drug-likeness (QED) is 0.696. The van der Waals surface area contributed by atoms with Gasteiger partial charge >= 0.3 is 0 Å². The maximum Gasteiger partial charge on any atom is 0.198 e. The van der Waals surface area contributed by atoms with Crippen molar-refractivity contribution in [1.82, 2.24) is 0 Å². The molecule has 0 aromatic heterocycles. The van der Waals surface area contributed by atoms with E-state index in [0.717, 1.165) is 0 Å². The van der Waals surface area contributed by atoms with Gasteiger partial charge in [-0.2, -0.15) is 0 Å². The second-order valence-corrected chi connectivity index (χ2v) is 2.94. The van der Waals surface area contributed by atoms with Crippen LogP contribution in [0.2, 0.25) is 0 Å². The molecule has 2 N–H and O–H groups in total. The van der Waals surface area contributed by atoms with E-state index >= 15 is 0 Å².